The highest BCUT2D eigenvalue weighted by Gasteiger charge is 2.16. The van der Waals surface area contributed by atoms with Gasteiger partial charge in [-0.1, -0.05) is 27.3 Å². The number of anilines is 1. The largest absolute Gasteiger partial charge is 0.324 e. The summed E-state index contributed by atoms with van der Waals surface area (Å²) in [6.07, 6.45) is 0. The van der Waals surface area contributed by atoms with Crippen molar-refractivity contribution in [2.24, 2.45) is 0 Å². The zero-order chi connectivity index (χ0) is 14.7. The van der Waals surface area contributed by atoms with E-state index in [9.17, 15) is 14.9 Å². The van der Waals surface area contributed by atoms with E-state index in [1.165, 1.54) is 12.1 Å². The average molecular weight is 352 g/mol. The van der Waals surface area contributed by atoms with E-state index in [0.717, 1.165) is 15.8 Å². The number of halogens is 1. The van der Waals surface area contributed by atoms with E-state index in [2.05, 4.69) is 21.2 Å². The molecule has 0 atom stereocenters. The van der Waals surface area contributed by atoms with Crippen molar-refractivity contribution in [2.45, 2.75) is 0 Å². The normalized spacial score (nSPS) is 9.80. The lowest BCUT2D eigenvalue weighted by atomic mass is 10.2. The second kappa shape index (κ2) is 5.81. The number of carbonyl (C=O) groups is 1. The molecular formula is C12H6BrN3O3S. The quantitative estimate of drug-likeness (QED) is 0.675. The van der Waals surface area contributed by atoms with Crippen LogP contribution < -0.4 is 5.32 Å². The molecule has 1 heterocycles. The number of rotatable bonds is 3. The maximum absolute atomic E-state index is 12.0. The molecule has 6 nitrogen and oxygen atoms in total. The predicted molar refractivity (Wildman–Crippen MR) is 77.8 cm³/mol. The third-order valence-electron chi connectivity index (χ3n) is 2.35. The van der Waals surface area contributed by atoms with Crippen LogP contribution in [0.1, 0.15) is 15.2 Å². The van der Waals surface area contributed by atoms with E-state index in [4.69, 9.17) is 5.26 Å². The van der Waals surface area contributed by atoms with E-state index in [1.54, 1.807) is 18.2 Å². The first-order valence-corrected chi connectivity index (χ1v) is 6.87. The fourth-order valence-corrected chi connectivity index (χ4v) is 2.53. The molecule has 2 rings (SSSR count). The minimum absolute atomic E-state index is 0.105. The van der Waals surface area contributed by atoms with Gasteiger partial charge >= 0.3 is 5.00 Å². The van der Waals surface area contributed by atoms with Gasteiger partial charge in [0.05, 0.1) is 21.1 Å². The Balaban J connectivity index is 2.23. The lowest BCUT2D eigenvalue weighted by molar-refractivity contribution is -0.380. The fraction of sp³-hybridized carbons (Fsp3) is 0. The van der Waals surface area contributed by atoms with E-state index < -0.39 is 10.8 Å². The Kier molecular flexibility index (Phi) is 4.12. The highest BCUT2D eigenvalue weighted by Crippen LogP contribution is 2.26. The predicted octanol–water partition coefficient (Wildman–Crippen LogP) is 3.54. The monoisotopic (exact) mass is 351 g/mol. The van der Waals surface area contributed by atoms with Crippen molar-refractivity contribution >= 4 is 43.9 Å². The maximum atomic E-state index is 12.0. The first kappa shape index (κ1) is 14.2. The highest BCUT2D eigenvalue weighted by atomic mass is 79.9. The van der Waals surface area contributed by atoms with E-state index >= 15 is 0 Å². The third-order valence-corrected chi connectivity index (χ3v) is 3.87. The van der Waals surface area contributed by atoms with Gasteiger partial charge in [0.1, 0.15) is 6.07 Å². The lowest BCUT2D eigenvalue weighted by Gasteiger charge is -2.05. The molecule has 100 valence electrons. The molecule has 0 bridgehead atoms. The van der Waals surface area contributed by atoms with Crippen molar-refractivity contribution in [3.8, 4) is 6.07 Å². The van der Waals surface area contributed by atoms with Gasteiger partial charge in [0.25, 0.3) is 5.91 Å². The van der Waals surface area contributed by atoms with Crippen LogP contribution in [0.2, 0.25) is 0 Å². The Bertz CT molecular complexity index is 736. The van der Waals surface area contributed by atoms with Gasteiger partial charge in [-0.05, 0) is 24.3 Å². The van der Waals surface area contributed by atoms with Gasteiger partial charge in [-0.3, -0.25) is 14.9 Å². The van der Waals surface area contributed by atoms with Crippen LogP contribution in [0.15, 0.2) is 34.8 Å². The molecule has 0 aliphatic carbocycles. The summed E-state index contributed by atoms with van der Waals surface area (Å²) in [4.78, 5) is 22.2. The molecule has 0 aliphatic rings. The minimum Gasteiger partial charge on any atom is -0.320 e. The summed E-state index contributed by atoms with van der Waals surface area (Å²) in [7, 11) is 0. The number of nitrogens with one attached hydrogen (secondary N) is 1. The Labute approximate surface area is 125 Å². The number of amides is 1. The number of nitriles is 1. The van der Waals surface area contributed by atoms with Crippen molar-refractivity contribution in [2.75, 3.05) is 5.32 Å². The number of hydrogen-bond acceptors (Lipinski definition) is 5. The summed E-state index contributed by atoms with van der Waals surface area (Å²) < 4.78 is 0.721. The van der Waals surface area contributed by atoms with Crippen molar-refractivity contribution in [1.29, 1.82) is 5.26 Å². The van der Waals surface area contributed by atoms with Crippen LogP contribution in [0.5, 0.6) is 0 Å². The Morgan fingerprint density at radius 2 is 2.15 bits per heavy atom. The fourth-order valence-electron chi connectivity index (χ4n) is 1.45. The molecule has 20 heavy (non-hydrogen) atoms. The summed E-state index contributed by atoms with van der Waals surface area (Å²) in [6.45, 7) is 0. The van der Waals surface area contributed by atoms with Crippen molar-refractivity contribution < 1.29 is 9.72 Å². The Morgan fingerprint density at radius 3 is 2.75 bits per heavy atom. The molecule has 8 heteroatoms. The maximum Gasteiger partial charge on any atom is 0.324 e. The van der Waals surface area contributed by atoms with Crippen molar-refractivity contribution in [3.05, 3.63) is 55.4 Å². The number of nitro groups is 1. The molecular weight excluding hydrogens is 346 g/mol. The second-order valence-electron chi connectivity index (χ2n) is 3.65. The summed E-state index contributed by atoms with van der Waals surface area (Å²) in [5.74, 6) is -0.484. The van der Waals surface area contributed by atoms with E-state index in [-0.39, 0.29) is 9.88 Å². The number of benzene rings is 1. The van der Waals surface area contributed by atoms with Gasteiger partial charge in [-0.2, -0.15) is 5.26 Å². The zero-order valence-electron chi connectivity index (χ0n) is 9.79. The first-order chi connectivity index (χ1) is 9.51. The van der Waals surface area contributed by atoms with E-state index in [0.29, 0.717) is 11.3 Å². The van der Waals surface area contributed by atoms with Gasteiger partial charge in [0.2, 0.25) is 0 Å². The zero-order valence-corrected chi connectivity index (χ0v) is 12.2. The Hall–Kier alpha value is -2.24. The van der Waals surface area contributed by atoms with Crippen molar-refractivity contribution in [3.63, 3.8) is 0 Å². The molecule has 1 aromatic carbocycles. The molecule has 0 radical (unpaired) electrons. The second-order valence-corrected chi connectivity index (χ2v) is 5.63. The molecule has 1 amide bonds. The lowest BCUT2D eigenvalue weighted by Crippen LogP contribution is -2.11. The number of carbonyl (C=O) groups excluding carboxylic acids is 1. The van der Waals surface area contributed by atoms with Gasteiger partial charge in [-0.25, -0.2) is 0 Å². The molecule has 1 N–H and O–H groups in total. The third kappa shape index (κ3) is 3.01. The molecule has 0 saturated carbocycles. The number of hydrogen-bond donors (Lipinski definition) is 1. The van der Waals surface area contributed by atoms with Crippen LogP contribution in [0.4, 0.5) is 10.7 Å². The molecule has 0 unspecified atom stereocenters. The molecule has 0 fully saturated rings. The van der Waals surface area contributed by atoms with Gasteiger partial charge < -0.3 is 5.32 Å². The topological polar surface area (TPSA) is 96.0 Å². The number of nitrogens with zero attached hydrogens (tertiary/aromatic N) is 2. The molecule has 0 aliphatic heterocycles. The van der Waals surface area contributed by atoms with Crippen LogP contribution in [0.25, 0.3) is 0 Å². The average Bonchev–Trinajstić information content (AvgIpc) is 2.90. The number of thiophene rings is 1. The summed E-state index contributed by atoms with van der Waals surface area (Å²) >= 11 is 4.01. The van der Waals surface area contributed by atoms with Crippen LogP contribution in [-0.2, 0) is 0 Å². The molecule has 0 saturated heterocycles. The molecule has 0 spiro atoms. The highest BCUT2D eigenvalue weighted by molar-refractivity contribution is 9.10. The first-order valence-electron chi connectivity index (χ1n) is 5.26. The summed E-state index contributed by atoms with van der Waals surface area (Å²) in [6, 6.07) is 9.46. The smallest absolute Gasteiger partial charge is 0.320 e. The van der Waals surface area contributed by atoms with Crippen molar-refractivity contribution in [1.82, 2.24) is 0 Å². The summed E-state index contributed by atoms with van der Waals surface area (Å²) in [5.41, 5.74) is 0.663. The van der Waals surface area contributed by atoms with Gasteiger partial charge in [0, 0.05) is 10.5 Å². The van der Waals surface area contributed by atoms with Crippen LogP contribution in [0.3, 0.4) is 0 Å². The standard InChI is InChI=1S/C12H6BrN3O3S/c13-8-1-2-9(7(5-8)6-14)15-12(17)10-3-4-11(20-10)16(18)19/h1-5H,(H,15,17). The SMILES string of the molecule is N#Cc1cc(Br)ccc1NC(=O)c1ccc([N+](=O)[O-])s1. The molecule has 1 aromatic heterocycles. The van der Waals surface area contributed by atoms with Crippen LogP contribution >= 0.6 is 27.3 Å². The van der Waals surface area contributed by atoms with E-state index in [1.807, 2.05) is 6.07 Å². The Morgan fingerprint density at radius 1 is 1.40 bits per heavy atom. The minimum atomic E-state index is -0.554. The van der Waals surface area contributed by atoms with Crippen LogP contribution in [-0.4, -0.2) is 10.8 Å². The van der Waals surface area contributed by atoms with Crippen LogP contribution in [0, 0.1) is 21.4 Å². The summed E-state index contributed by atoms with van der Waals surface area (Å²) in [5, 5.41) is 22.0. The molecule has 2 aromatic rings. The van der Waals surface area contributed by atoms with Gasteiger partial charge in [-0.15, -0.1) is 0 Å². The van der Waals surface area contributed by atoms with Gasteiger partial charge in [0.15, 0.2) is 0 Å².